The van der Waals surface area contributed by atoms with Gasteiger partial charge in [-0.25, -0.2) is 0 Å². The van der Waals surface area contributed by atoms with E-state index in [1.165, 1.54) is 0 Å². The first kappa shape index (κ1) is 20.2. The van der Waals surface area contributed by atoms with Crippen LogP contribution < -0.4 is 14.2 Å². The van der Waals surface area contributed by atoms with Gasteiger partial charge in [0.1, 0.15) is 11.6 Å². The fraction of sp³-hybridized carbons (Fsp3) is 0.300. The van der Waals surface area contributed by atoms with Gasteiger partial charge >= 0.3 is 0 Å². The van der Waals surface area contributed by atoms with E-state index in [-0.39, 0.29) is 0 Å². The molecule has 6 nitrogen and oxygen atoms in total. The second kappa shape index (κ2) is 9.12. The molecule has 1 heterocycles. The molecule has 0 aliphatic carbocycles. The summed E-state index contributed by atoms with van der Waals surface area (Å²) < 4.78 is 19.0. The van der Waals surface area contributed by atoms with Crippen molar-refractivity contribution in [3.63, 3.8) is 0 Å². The molecule has 0 amide bonds. The van der Waals surface area contributed by atoms with E-state index in [4.69, 9.17) is 38.0 Å². The maximum atomic E-state index is 5.98. The van der Waals surface area contributed by atoms with Crippen LogP contribution in [0.25, 0.3) is 5.69 Å². The zero-order chi connectivity index (χ0) is 20.1. The van der Waals surface area contributed by atoms with Crippen LogP contribution >= 0.6 is 23.8 Å². The summed E-state index contributed by atoms with van der Waals surface area (Å²) >= 11 is 11.4. The summed E-state index contributed by atoms with van der Waals surface area (Å²) in [5.74, 6) is 2.96. The number of methoxy groups -OCH3 is 2. The molecule has 0 saturated heterocycles. The molecule has 8 heteroatoms. The van der Waals surface area contributed by atoms with Crippen molar-refractivity contribution < 1.29 is 14.2 Å². The zero-order valence-corrected chi connectivity index (χ0v) is 17.6. The number of H-pyrrole nitrogens is 1. The highest BCUT2D eigenvalue weighted by Gasteiger charge is 2.12. The molecule has 148 valence electrons. The molecule has 0 bridgehead atoms. The molecular formula is C20H22ClN3O3S. The fourth-order valence-electron chi connectivity index (χ4n) is 2.91. The zero-order valence-electron chi connectivity index (χ0n) is 16.0. The highest BCUT2D eigenvalue weighted by Crippen LogP contribution is 2.29. The number of halogens is 1. The molecule has 3 rings (SSSR count). The SMILES string of the molecule is COc1ccc(-n2c(CCCOc3ccc(Cl)cc3C)n[nH]c2=S)cc1OC. The predicted molar refractivity (Wildman–Crippen MR) is 112 cm³/mol. The molecule has 2 aromatic carbocycles. The average Bonchev–Trinajstić information content (AvgIpc) is 3.06. The van der Waals surface area contributed by atoms with Gasteiger partial charge in [0.25, 0.3) is 0 Å². The van der Waals surface area contributed by atoms with E-state index >= 15 is 0 Å². The molecule has 28 heavy (non-hydrogen) atoms. The monoisotopic (exact) mass is 419 g/mol. The Morgan fingerprint density at radius 2 is 1.82 bits per heavy atom. The van der Waals surface area contributed by atoms with Crippen LogP contribution in [0.1, 0.15) is 17.8 Å². The molecule has 0 aliphatic heterocycles. The minimum Gasteiger partial charge on any atom is -0.493 e. The summed E-state index contributed by atoms with van der Waals surface area (Å²) in [5, 5.41) is 7.93. The molecule has 0 atom stereocenters. The summed E-state index contributed by atoms with van der Waals surface area (Å²) in [5.41, 5.74) is 1.88. The summed E-state index contributed by atoms with van der Waals surface area (Å²) in [6.45, 7) is 2.54. The van der Waals surface area contributed by atoms with Crippen LogP contribution in [0.15, 0.2) is 36.4 Å². The Bertz CT molecular complexity index is 1020. The second-order valence-electron chi connectivity index (χ2n) is 6.18. The number of hydrogen-bond donors (Lipinski definition) is 1. The van der Waals surface area contributed by atoms with Crippen LogP contribution in [-0.2, 0) is 6.42 Å². The molecule has 0 fully saturated rings. The van der Waals surface area contributed by atoms with E-state index in [1.54, 1.807) is 14.2 Å². The lowest BCUT2D eigenvalue weighted by Crippen LogP contribution is -2.06. The molecule has 0 saturated carbocycles. The normalized spacial score (nSPS) is 10.7. The molecule has 0 aliphatic rings. The van der Waals surface area contributed by atoms with Crippen LogP contribution in [0.2, 0.25) is 5.02 Å². The number of ether oxygens (including phenoxy) is 3. The number of aromatic amines is 1. The van der Waals surface area contributed by atoms with Crippen LogP contribution in [0.5, 0.6) is 17.2 Å². The Hall–Kier alpha value is -2.51. The van der Waals surface area contributed by atoms with E-state index in [9.17, 15) is 0 Å². The minimum absolute atomic E-state index is 0.525. The number of nitrogens with one attached hydrogen (secondary N) is 1. The quantitative estimate of drug-likeness (QED) is 0.414. The van der Waals surface area contributed by atoms with Gasteiger partial charge < -0.3 is 14.2 Å². The minimum atomic E-state index is 0.525. The lowest BCUT2D eigenvalue weighted by atomic mass is 10.2. The molecule has 1 N–H and O–H groups in total. The van der Waals surface area contributed by atoms with Crippen molar-refractivity contribution in [2.75, 3.05) is 20.8 Å². The third-order valence-electron chi connectivity index (χ3n) is 4.31. The first-order valence-corrected chi connectivity index (χ1v) is 9.59. The molecule has 0 radical (unpaired) electrons. The van der Waals surface area contributed by atoms with Crippen molar-refractivity contribution in [2.24, 2.45) is 0 Å². The Balaban J connectivity index is 1.70. The summed E-state index contributed by atoms with van der Waals surface area (Å²) in [7, 11) is 3.21. The Labute approximate surface area is 174 Å². The van der Waals surface area contributed by atoms with Gasteiger partial charge in [-0.05, 0) is 61.5 Å². The maximum Gasteiger partial charge on any atom is 0.199 e. The van der Waals surface area contributed by atoms with E-state index in [0.717, 1.165) is 29.2 Å². The molecule has 3 aromatic rings. The summed E-state index contributed by atoms with van der Waals surface area (Å²) in [4.78, 5) is 0. The van der Waals surface area contributed by atoms with Crippen molar-refractivity contribution in [1.82, 2.24) is 14.8 Å². The predicted octanol–water partition coefficient (Wildman–Crippen LogP) is 4.92. The van der Waals surface area contributed by atoms with Crippen molar-refractivity contribution in [2.45, 2.75) is 19.8 Å². The van der Waals surface area contributed by atoms with E-state index in [2.05, 4.69) is 10.2 Å². The number of rotatable bonds is 8. The van der Waals surface area contributed by atoms with Crippen LogP contribution in [0.3, 0.4) is 0 Å². The number of aromatic nitrogens is 3. The van der Waals surface area contributed by atoms with Crippen LogP contribution in [0, 0.1) is 11.7 Å². The number of hydrogen-bond acceptors (Lipinski definition) is 5. The van der Waals surface area contributed by atoms with Gasteiger partial charge in [0, 0.05) is 17.5 Å². The number of aryl methyl sites for hydroxylation is 2. The lowest BCUT2D eigenvalue weighted by Gasteiger charge is -2.12. The van der Waals surface area contributed by atoms with E-state index < -0.39 is 0 Å². The van der Waals surface area contributed by atoms with Crippen molar-refractivity contribution >= 4 is 23.8 Å². The van der Waals surface area contributed by atoms with E-state index in [1.807, 2.05) is 47.9 Å². The smallest absolute Gasteiger partial charge is 0.199 e. The van der Waals surface area contributed by atoms with Crippen molar-refractivity contribution in [3.8, 4) is 22.9 Å². The Morgan fingerprint density at radius 1 is 1.07 bits per heavy atom. The van der Waals surface area contributed by atoms with Gasteiger partial charge in [0.05, 0.1) is 26.5 Å². The second-order valence-corrected chi connectivity index (χ2v) is 7.00. The Kier molecular flexibility index (Phi) is 6.59. The fourth-order valence-corrected chi connectivity index (χ4v) is 3.40. The molecule has 0 spiro atoms. The third-order valence-corrected chi connectivity index (χ3v) is 4.82. The van der Waals surface area contributed by atoms with Gasteiger partial charge in [-0.2, -0.15) is 5.10 Å². The van der Waals surface area contributed by atoms with Crippen LogP contribution in [0.4, 0.5) is 0 Å². The van der Waals surface area contributed by atoms with Crippen molar-refractivity contribution in [1.29, 1.82) is 0 Å². The van der Waals surface area contributed by atoms with Crippen LogP contribution in [-0.4, -0.2) is 35.6 Å². The molecule has 1 aromatic heterocycles. The van der Waals surface area contributed by atoms with Gasteiger partial charge in [-0.1, -0.05) is 11.6 Å². The lowest BCUT2D eigenvalue weighted by molar-refractivity contribution is 0.307. The first-order chi connectivity index (χ1) is 13.5. The highest BCUT2D eigenvalue weighted by molar-refractivity contribution is 7.71. The summed E-state index contributed by atoms with van der Waals surface area (Å²) in [6.07, 6.45) is 1.49. The van der Waals surface area contributed by atoms with Gasteiger partial charge in [-0.3, -0.25) is 9.67 Å². The number of nitrogens with zero attached hydrogens (tertiary/aromatic N) is 2. The highest BCUT2D eigenvalue weighted by atomic mass is 35.5. The average molecular weight is 420 g/mol. The molecular weight excluding hydrogens is 398 g/mol. The van der Waals surface area contributed by atoms with Gasteiger partial charge in [-0.15, -0.1) is 0 Å². The third kappa shape index (κ3) is 4.48. The van der Waals surface area contributed by atoms with Crippen molar-refractivity contribution in [3.05, 3.63) is 57.6 Å². The maximum absolute atomic E-state index is 5.98. The summed E-state index contributed by atoms with van der Waals surface area (Å²) in [6, 6.07) is 11.2. The van der Waals surface area contributed by atoms with Gasteiger partial charge in [0.2, 0.25) is 0 Å². The number of benzene rings is 2. The Morgan fingerprint density at radius 3 is 2.54 bits per heavy atom. The van der Waals surface area contributed by atoms with E-state index in [0.29, 0.717) is 34.3 Å². The van der Waals surface area contributed by atoms with Gasteiger partial charge in [0.15, 0.2) is 16.3 Å². The topological polar surface area (TPSA) is 61.3 Å². The largest absolute Gasteiger partial charge is 0.493 e. The molecule has 0 unspecified atom stereocenters. The first-order valence-electron chi connectivity index (χ1n) is 8.81. The standard InChI is InChI=1S/C20H22ClN3O3S/c1-13-11-14(21)6-8-16(13)27-10-4-5-19-22-23-20(28)24(19)15-7-9-17(25-2)18(12-15)26-3/h6-9,11-12H,4-5,10H2,1-3H3,(H,23,28).